The summed E-state index contributed by atoms with van der Waals surface area (Å²) in [5.41, 5.74) is 0.322. The number of amides is 1. The topological polar surface area (TPSA) is 70.2 Å². The number of nitrogens with zero attached hydrogens (tertiary/aromatic N) is 3. The Morgan fingerprint density at radius 3 is 2.30 bits per heavy atom. The highest BCUT2D eigenvalue weighted by molar-refractivity contribution is 7.89. The number of rotatable bonds is 4. The summed E-state index contributed by atoms with van der Waals surface area (Å²) in [6.45, 7) is 5.89. The van der Waals surface area contributed by atoms with Crippen LogP contribution in [-0.4, -0.2) is 81.9 Å². The number of likely N-dealkylation sites (N-methyl/N-ethyl adjacent to an activating group) is 1. The van der Waals surface area contributed by atoms with Crippen LogP contribution in [0, 0.1) is 5.92 Å². The number of sulfonamides is 1. The normalized spacial score (nSPS) is 20.6. The Morgan fingerprint density at radius 1 is 1.07 bits per heavy atom. The minimum atomic E-state index is -3.63. The summed E-state index contributed by atoms with van der Waals surface area (Å²) in [6.07, 6.45) is 1.93. The van der Waals surface area contributed by atoms with Gasteiger partial charge in [-0.05, 0) is 44.0 Å². The number of methoxy groups -OCH3 is 1. The van der Waals surface area contributed by atoms with Gasteiger partial charge < -0.3 is 14.5 Å². The Hall–Kier alpha value is -1.64. The molecule has 1 aromatic rings. The van der Waals surface area contributed by atoms with Crippen LogP contribution in [0.1, 0.15) is 30.1 Å². The highest BCUT2D eigenvalue weighted by Crippen LogP contribution is 2.28. The summed E-state index contributed by atoms with van der Waals surface area (Å²) in [5.74, 6) is 0.866. The van der Waals surface area contributed by atoms with Gasteiger partial charge in [0, 0.05) is 39.3 Å². The van der Waals surface area contributed by atoms with Crippen LogP contribution in [0.4, 0.5) is 0 Å². The molecule has 0 saturated carbocycles. The van der Waals surface area contributed by atoms with E-state index in [0.717, 1.165) is 12.8 Å². The lowest BCUT2D eigenvalue weighted by Gasteiger charge is -2.32. The molecule has 3 rings (SSSR count). The quantitative estimate of drug-likeness (QED) is 0.773. The van der Waals surface area contributed by atoms with Crippen LogP contribution in [0.3, 0.4) is 0 Å². The maximum Gasteiger partial charge on any atom is 0.257 e. The molecular weight excluding hydrogens is 366 g/mol. The first kappa shape index (κ1) is 20.1. The standard InChI is InChI=1S/C19H29N3O4S/c1-15-6-8-21(9-7-15)19(23)17-14-16(4-5-18(17)26-3)27(24,25)22-12-10-20(2)11-13-22/h4-5,14-15H,6-13H2,1-3H3. The Kier molecular flexibility index (Phi) is 6.08. The third-order valence-electron chi connectivity index (χ3n) is 5.57. The van der Waals surface area contributed by atoms with Crippen molar-refractivity contribution in [3.8, 4) is 5.75 Å². The number of piperazine rings is 1. The highest BCUT2D eigenvalue weighted by atomic mass is 32.2. The van der Waals surface area contributed by atoms with E-state index in [-0.39, 0.29) is 10.8 Å². The lowest BCUT2D eigenvalue weighted by Crippen LogP contribution is -2.47. The van der Waals surface area contributed by atoms with E-state index in [9.17, 15) is 13.2 Å². The second-order valence-corrected chi connectivity index (χ2v) is 9.48. The Morgan fingerprint density at radius 2 is 1.70 bits per heavy atom. The molecule has 2 aliphatic heterocycles. The number of benzene rings is 1. The molecule has 1 amide bonds. The lowest BCUT2D eigenvalue weighted by atomic mass is 9.98. The first-order valence-corrected chi connectivity index (χ1v) is 10.9. The number of ether oxygens (including phenoxy) is 1. The van der Waals surface area contributed by atoms with E-state index in [1.165, 1.54) is 23.5 Å². The van der Waals surface area contributed by atoms with Crippen molar-refractivity contribution in [1.82, 2.24) is 14.1 Å². The molecule has 0 atom stereocenters. The van der Waals surface area contributed by atoms with Crippen molar-refractivity contribution < 1.29 is 17.9 Å². The minimum Gasteiger partial charge on any atom is -0.496 e. The molecule has 0 N–H and O–H groups in total. The predicted octanol–water partition coefficient (Wildman–Crippen LogP) is 1.50. The monoisotopic (exact) mass is 395 g/mol. The molecule has 2 heterocycles. The third kappa shape index (κ3) is 4.28. The predicted molar refractivity (Wildman–Crippen MR) is 104 cm³/mol. The number of carbonyl (C=O) groups excluding carboxylic acids is 1. The van der Waals surface area contributed by atoms with Crippen molar-refractivity contribution >= 4 is 15.9 Å². The zero-order chi connectivity index (χ0) is 19.6. The number of hydrogen-bond donors (Lipinski definition) is 0. The van der Waals surface area contributed by atoms with Crippen molar-refractivity contribution in [3.05, 3.63) is 23.8 Å². The molecule has 150 valence electrons. The van der Waals surface area contributed by atoms with E-state index in [4.69, 9.17) is 4.74 Å². The molecule has 2 fully saturated rings. The van der Waals surface area contributed by atoms with Crippen LogP contribution in [0.15, 0.2) is 23.1 Å². The molecule has 0 aromatic heterocycles. The van der Waals surface area contributed by atoms with Crippen molar-refractivity contribution in [3.63, 3.8) is 0 Å². The molecule has 8 heteroatoms. The maximum atomic E-state index is 13.0. The fraction of sp³-hybridized carbons (Fsp3) is 0.632. The van der Waals surface area contributed by atoms with Gasteiger partial charge in [-0.2, -0.15) is 4.31 Å². The van der Waals surface area contributed by atoms with Gasteiger partial charge in [0.2, 0.25) is 10.0 Å². The van der Waals surface area contributed by atoms with E-state index in [1.54, 1.807) is 11.0 Å². The number of likely N-dealkylation sites (tertiary alicyclic amines) is 1. The molecule has 0 aliphatic carbocycles. The fourth-order valence-electron chi connectivity index (χ4n) is 3.57. The van der Waals surface area contributed by atoms with Crippen LogP contribution >= 0.6 is 0 Å². The van der Waals surface area contributed by atoms with Gasteiger partial charge in [0.25, 0.3) is 5.91 Å². The molecule has 7 nitrogen and oxygen atoms in total. The Bertz CT molecular complexity index is 780. The molecular formula is C19H29N3O4S. The summed E-state index contributed by atoms with van der Waals surface area (Å²) in [4.78, 5) is 17.1. The van der Waals surface area contributed by atoms with Crippen LogP contribution in [-0.2, 0) is 10.0 Å². The zero-order valence-corrected chi connectivity index (χ0v) is 17.2. The average molecular weight is 396 g/mol. The molecule has 1 aromatic carbocycles. The number of hydrogen-bond acceptors (Lipinski definition) is 5. The van der Waals surface area contributed by atoms with Gasteiger partial charge in [0.05, 0.1) is 17.6 Å². The van der Waals surface area contributed by atoms with Gasteiger partial charge >= 0.3 is 0 Å². The molecule has 0 unspecified atom stereocenters. The summed E-state index contributed by atoms with van der Waals surface area (Å²) in [6, 6.07) is 4.59. The average Bonchev–Trinajstić information content (AvgIpc) is 2.68. The van der Waals surface area contributed by atoms with Gasteiger partial charge in [0.1, 0.15) is 5.75 Å². The lowest BCUT2D eigenvalue weighted by molar-refractivity contribution is 0.0693. The van der Waals surface area contributed by atoms with Crippen LogP contribution in [0.5, 0.6) is 5.75 Å². The zero-order valence-electron chi connectivity index (χ0n) is 16.3. The molecule has 0 radical (unpaired) electrons. The molecule has 2 aliphatic rings. The maximum absolute atomic E-state index is 13.0. The van der Waals surface area contributed by atoms with Crippen molar-refractivity contribution in [2.24, 2.45) is 5.92 Å². The van der Waals surface area contributed by atoms with Crippen LogP contribution in [0.2, 0.25) is 0 Å². The van der Waals surface area contributed by atoms with Crippen LogP contribution in [0.25, 0.3) is 0 Å². The molecule has 27 heavy (non-hydrogen) atoms. The van der Waals surface area contributed by atoms with Gasteiger partial charge in [-0.25, -0.2) is 8.42 Å². The smallest absolute Gasteiger partial charge is 0.257 e. The number of carbonyl (C=O) groups is 1. The minimum absolute atomic E-state index is 0.154. The number of piperidine rings is 1. The highest BCUT2D eigenvalue weighted by Gasteiger charge is 2.30. The first-order chi connectivity index (χ1) is 12.8. The van der Waals surface area contributed by atoms with Gasteiger partial charge in [-0.15, -0.1) is 0 Å². The second-order valence-electron chi connectivity index (χ2n) is 7.54. The van der Waals surface area contributed by atoms with Gasteiger partial charge in [-0.1, -0.05) is 6.92 Å². The van der Waals surface area contributed by atoms with E-state index >= 15 is 0 Å². The summed E-state index contributed by atoms with van der Waals surface area (Å²) in [7, 11) is -0.147. The fourth-order valence-corrected chi connectivity index (χ4v) is 5.02. The summed E-state index contributed by atoms with van der Waals surface area (Å²) >= 11 is 0. The van der Waals surface area contributed by atoms with Crippen molar-refractivity contribution in [2.75, 3.05) is 53.4 Å². The van der Waals surface area contributed by atoms with E-state index in [2.05, 4.69) is 11.8 Å². The third-order valence-corrected chi connectivity index (χ3v) is 7.47. The SMILES string of the molecule is COc1ccc(S(=O)(=O)N2CCN(C)CC2)cc1C(=O)N1CCC(C)CC1. The van der Waals surface area contributed by atoms with Crippen LogP contribution < -0.4 is 4.74 Å². The largest absolute Gasteiger partial charge is 0.496 e. The van der Waals surface area contributed by atoms with E-state index in [1.807, 2.05) is 7.05 Å². The summed E-state index contributed by atoms with van der Waals surface area (Å²) in [5, 5.41) is 0. The molecule has 0 spiro atoms. The van der Waals surface area contributed by atoms with Crippen molar-refractivity contribution in [2.45, 2.75) is 24.7 Å². The Labute approximate surface area is 161 Å². The van der Waals surface area contributed by atoms with E-state index < -0.39 is 10.0 Å². The van der Waals surface area contributed by atoms with Crippen molar-refractivity contribution in [1.29, 1.82) is 0 Å². The molecule has 2 saturated heterocycles. The second kappa shape index (κ2) is 8.16. The van der Waals surface area contributed by atoms with Gasteiger partial charge in [0.15, 0.2) is 0 Å². The first-order valence-electron chi connectivity index (χ1n) is 9.49. The van der Waals surface area contributed by atoms with Gasteiger partial charge in [-0.3, -0.25) is 4.79 Å². The Balaban J connectivity index is 1.88. The molecule has 0 bridgehead atoms. The summed E-state index contributed by atoms with van der Waals surface area (Å²) < 4.78 is 32.9. The van der Waals surface area contributed by atoms with E-state index in [0.29, 0.717) is 56.5 Å².